The molecule has 0 aliphatic heterocycles. The molecule has 1 aliphatic rings. The van der Waals surface area contributed by atoms with Crippen molar-refractivity contribution < 1.29 is 10.1 Å². The van der Waals surface area contributed by atoms with Crippen LogP contribution in [0.25, 0.3) is 0 Å². The zero-order valence-electron chi connectivity index (χ0n) is 10.8. The molecule has 0 saturated heterocycles. The molecule has 94 valence electrons. The lowest BCUT2D eigenvalue weighted by atomic mass is 9.83. The van der Waals surface area contributed by atoms with E-state index in [4.69, 9.17) is 5.26 Å². The molecule has 1 N–H and O–H groups in total. The van der Waals surface area contributed by atoms with E-state index in [-0.39, 0.29) is 0 Å². The minimum absolute atomic E-state index is 0.620. The van der Waals surface area contributed by atoms with E-state index < -0.39 is 5.60 Å². The van der Waals surface area contributed by atoms with Crippen molar-refractivity contribution in [2.75, 3.05) is 0 Å². The molecule has 0 atom stereocenters. The van der Waals surface area contributed by atoms with E-state index in [9.17, 15) is 0 Å². The predicted octanol–water partition coefficient (Wildman–Crippen LogP) is 4.46. The zero-order chi connectivity index (χ0) is 12.3. The first-order valence-corrected chi connectivity index (χ1v) is 6.56. The van der Waals surface area contributed by atoms with Gasteiger partial charge in [-0.3, -0.25) is 5.26 Å². The monoisotopic (exact) mass is 234 g/mol. The van der Waals surface area contributed by atoms with Gasteiger partial charge in [-0.15, -0.1) is 0 Å². The maximum atomic E-state index is 8.87. The van der Waals surface area contributed by atoms with Crippen molar-refractivity contribution in [3.63, 3.8) is 0 Å². The Morgan fingerprint density at radius 1 is 1.06 bits per heavy atom. The fourth-order valence-corrected chi connectivity index (χ4v) is 2.65. The summed E-state index contributed by atoms with van der Waals surface area (Å²) in [5, 5.41) is 8.87. The number of hydrogen-bond acceptors (Lipinski definition) is 2. The molecule has 0 unspecified atom stereocenters. The standard InChI is InChI=1S/C15H22O2/c1-15(2,17-16)14-10-8-13(9-11-14)12-6-4-3-5-7-12/h8-12,16H,3-7H2,1-2H3. The maximum absolute atomic E-state index is 8.87. The van der Waals surface area contributed by atoms with Crippen molar-refractivity contribution in [2.24, 2.45) is 0 Å². The van der Waals surface area contributed by atoms with Crippen LogP contribution in [-0.4, -0.2) is 5.26 Å². The van der Waals surface area contributed by atoms with Crippen molar-refractivity contribution in [1.29, 1.82) is 0 Å². The summed E-state index contributed by atoms with van der Waals surface area (Å²) in [6.45, 7) is 3.73. The highest BCUT2D eigenvalue weighted by Crippen LogP contribution is 2.33. The second kappa shape index (κ2) is 5.19. The van der Waals surface area contributed by atoms with Crippen LogP contribution in [0.5, 0.6) is 0 Å². The molecule has 1 saturated carbocycles. The van der Waals surface area contributed by atoms with Gasteiger partial charge in [0.05, 0.1) is 0 Å². The van der Waals surface area contributed by atoms with E-state index in [1.807, 2.05) is 13.8 Å². The molecular weight excluding hydrogens is 212 g/mol. The average Bonchev–Trinajstić information content (AvgIpc) is 2.40. The van der Waals surface area contributed by atoms with Gasteiger partial charge in [-0.25, -0.2) is 4.89 Å². The fraction of sp³-hybridized carbons (Fsp3) is 0.600. The Balaban J connectivity index is 2.12. The molecule has 0 amide bonds. The molecule has 0 bridgehead atoms. The summed E-state index contributed by atoms with van der Waals surface area (Å²) in [5.74, 6) is 0.732. The van der Waals surface area contributed by atoms with E-state index in [2.05, 4.69) is 29.2 Å². The Bertz CT molecular complexity index is 348. The summed E-state index contributed by atoms with van der Waals surface area (Å²) in [5.41, 5.74) is 1.83. The molecule has 2 rings (SSSR count). The van der Waals surface area contributed by atoms with E-state index in [1.165, 1.54) is 37.7 Å². The first kappa shape index (κ1) is 12.6. The third kappa shape index (κ3) is 2.88. The number of hydrogen-bond donors (Lipinski definition) is 1. The highest BCUT2D eigenvalue weighted by atomic mass is 17.1. The third-order valence-electron chi connectivity index (χ3n) is 3.91. The van der Waals surface area contributed by atoms with Crippen molar-refractivity contribution in [1.82, 2.24) is 0 Å². The minimum atomic E-state index is -0.620. The predicted molar refractivity (Wildman–Crippen MR) is 69.0 cm³/mol. The summed E-state index contributed by atoms with van der Waals surface area (Å²) in [6, 6.07) is 8.51. The number of benzene rings is 1. The molecule has 1 aliphatic carbocycles. The summed E-state index contributed by atoms with van der Waals surface area (Å²) in [6.07, 6.45) is 6.74. The Morgan fingerprint density at radius 3 is 2.18 bits per heavy atom. The van der Waals surface area contributed by atoms with E-state index in [0.29, 0.717) is 0 Å². The van der Waals surface area contributed by atoms with Gasteiger partial charge < -0.3 is 0 Å². The molecule has 1 fully saturated rings. The molecule has 1 aromatic rings. The van der Waals surface area contributed by atoms with Gasteiger partial charge >= 0.3 is 0 Å². The lowest BCUT2D eigenvalue weighted by Crippen LogP contribution is -2.19. The summed E-state index contributed by atoms with van der Waals surface area (Å²) < 4.78 is 0. The maximum Gasteiger partial charge on any atom is 0.123 e. The molecule has 2 nitrogen and oxygen atoms in total. The van der Waals surface area contributed by atoms with Crippen LogP contribution >= 0.6 is 0 Å². The highest BCUT2D eigenvalue weighted by Gasteiger charge is 2.22. The first-order chi connectivity index (χ1) is 8.13. The SMILES string of the molecule is CC(C)(OO)c1ccc(C2CCCCC2)cc1. The van der Waals surface area contributed by atoms with Crippen LogP contribution in [0.2, 0.25) is 0 Å². The summed E-state index contributed by atoms with van der Waals surface area (Å²) in [4.78, 5) is 4.51. The molecular formula is C15H22O2. The van der Waals surface area contributed by atoms with Crippen molar-refractivity contribution in [2.45, 2.75) is 57.5 Å². The smallest absolute Gasteiger partial charge is 0.123 e. The van der Waals surface area contributed by atoms with Crippen LogP contribution in [0.15, 0.2) is 24.3 Å². The van der Waals surface area contributed by atoms with E-state index in [0.717, 1.165) is 11.5 Å². The lowest BCUT2D eigenvalue weighted by molar-refractivity contribution is -0.318. The second-order valence-electron chi connectivity index (χ2n) is 5.56. The highest BCUT2D eigenvalue weighted by molar-refractivity contribution is 5.28. The molecule has 17 heavy (non-hydrogen) atoms. The van der Waals surface area contributed by atoms with Crippen LogP contribution in [0.1, 0.15) is 63.0 Å². The fourth-order valence-electron chi connectivity index (χ4n) is 2.65. The van der Waals surface area contributed by atoms with Gasteiger partial charge in [-0.05, 0) is 43.7 Å². The van der Waals surface area contributed by atoms with Gasteiger partial charge in [-0.2, -0.15) is 0 Å². The van der Waals surface area contributed by atoms with Crippen molar-refractivity contribution >= 4 is 0 Å². The topological polar surface area (TPSA) is 29.5 Å². The normalized spacial score (nSPS) is 18.3. The molecule has 2 heteroatoms. The van der Waals surface area contributed by atoms with Crippen LogP contribution in [0, 0.1) is 0 Å². The molecule has 0 aromatic heterocycles. The van der Waals surface area contributed by atoms with Crippen molar-refractivity contribution in [3.8, 4) is 0 Å². The minimum Gasteiger partial charge on any atom is -0.251 e. The van der Waals surface area contributed by atoms with Crippen LogP contribution in [0.4, 0.5) is 0 Å². The lowest BCUT2D eigenvalue weighted by Gasteiger charge is -2.24. The molecule has 1 aromatic carbocycles. The average molecular weight is 234 g/mol. The zero-order valence-corrected chi connectivity index (χ0v) is 10.8. The Kier molecular flexibility index (Phi) is 3.85. The Hall–Kier alpha value is -0.860. The van der Waals surface area contributed by atoms with E-state index >= 15 is 0 Å². The molecule has 0 spiro atoms. The van der Waals surface area contributed by atoms with Gasteiger partial charge in [0.15, 0.2) is 0 Å². The Labute approximate surface area is 104 Å². The Morgan fingerprint density at radius 2 is 1.65 bits per heavy atom. The second-order valence-corrected chi connectivity index (χ2v) is 5.56. The molecule has 0 radical (unpaired) electrons. The largest absolute Gasteiger partial charge is 0.251 e. The van der Waals surface area contributed by atoms with Gasteiger partial charge in [0, 0.05) is 0 Å². The number of rotatable bonds is 3. The van der Waals surface area contributed by atoms with Gasteiger partial charge in [-0.1, -0.05) is 43.5 Å². The van der Waals surface area contributed by atoms with Gasteiger partial charge in [0.1, 0.15) is 5.60 Å². The van der Waals surface area contributed by atoms with Gasteiger partial charge in [0.2, 0.25) is 0 Å². The molecule has 0 heterocycles. The van der Waals surface area contributed by atoms with Crippen LogP contribution in [-0.2, 0) is 10.5 Å². The van der Waals surface area contributed by atoms with E-state index in [1.54, 1.807) is 0 Å². The third-order valence-corrected chi connectivity index (χ3v) is 3.91. The van der Waals surface area contributed by atoms with Crippen molar-refractivity contribution in [3.05, 3.63) is 35.4 Å². The quantitative estimate of drug-likeness (QED) is 0.618. The van der Waals surface area contributed by atoms with Crippen LogP contribution < -0.4 is 0 Å². The van der Waals surface area contributed by atoms with Gasteiger partial charge in [0.25, 0.3) is 0 Å². The van der Waals surface area contributed by atoms with Crippen LogP contribution in [0.3, 0.4) is 0 Å². The summed E-state index contributed by atoms with van der Waals surface area (Å²) in [7, 11) is 0. The first-order valence-electron chi connectivity index (χ1n) is 6.56. The summed E-state index contributed by atoms with van der Waals surface area (Å²) >= 11 is 0.